The molecule has 0 aliphatic carbocycles. The Morgan fingerprint density at radius 1 is 1.04 bits per heavy atom. The first-order valence-corrected chi connectivity index (χ1v) is 8.40. The molecule has 0 spiro atoms. The maximum atomic E-state index is 14.8. The number of aliphatic hydroxyl groups excluding tert-OH is 1. The second kappa shape index (κ2) is 7.85. The summed E-state index contributed by atoms with van der Waals surface area (Å²) in [4.78, 5) is 24.3. The zero-order valence-electron chi connectivity index (χ0n) is 14.6. The van der Waals surface area contributed by atoms with E-state index in [1.165, 1.54) is 12.1 Å². The van der Waals surface area contributed by atoms with E-state index < -0.39 is 36.1 Å². The average molecular weight is 374 g/mol. The highest BCUT2D eigenvalue weighted by Crippen LogP contribution is 2.36. The molecule has 0 bridgehead atoms. The van der Waals surface area contributed by atoms with E-state index in [9.17, 15) is 19.1 Å². The first-order valence-electron chi connectivity index (χ1n) is 8.40. The van der Waals surface area contributed by atoms with E-state index in [4.69, 9.17) is 14.2 Å². The van der Waals surface area contributed by atoms with Crippen LogP contribution < -0.4 is 0 Å². The van der Waals surface area contributed by atoms with Crippen LogP contribution in [0.3, 0.4) is 0 Å². The first kappa shape index (κ1) is 19.0. The first-order chi connectivity index (χ1) is 12.9. The lowest BCUT2D eigenvalue weighted by atomic mass is 9.99. The van der Waals surface area contributed by atoms with Crippen molar-refractivity contribution in [3.05, 3.63) is 71.8 Å². The Kier molecular flexibility index (Phi) is 5.53. The molecule has 142 valence electrons. The summed E-state index contributed by atoms with van der Waals surface area (Å²) in [5, 5.41) is 9.83. The molecule has 6 nitrogen and oxygen atoms in total. The third-order valence-corrected chi connectivity index (χ3v) is 4.31. The molecule has 1 saturated heterocycles. The third-order valence-electron chi connectivity index (χ3n) is 4.31. The topological polar surface area (TPSA) is 82.1 Å². The number of rotatable bonds is 5. The predicted molar refractivity (Wildman–Crippen MR) is 92.8 cm³/mol. The number of esters is 2. The van der Waals surface area contributed by atoms with Crippen LogP contribution in [0.25, 0.3) is 0 Å². The van der Waals surface area contributed by atoms with Crippen LogP contribution >= 0.6 is 0 Å². The summed E-state index contributed by atoms with van der Waals surface area (Å²) in [5.41, 5.74) is -1.81. The molecule has 1 N–H and O–H groups in total. The van der Waals surface area contributed by atoms with Crippen molar-refractivity contribution in [1.29, 1.82) is 0 Å². The molecule has 0 amide bonds. The van der Waals surface area contributed by atoms with Gasteiger partial charge in [-0.1, -0.05) is 36.4 Å². The quantitative estimate of drug-likeness (QED) is 0.810. The van der Waals surface area contributed by atoms with Crippen LogP contribution in [0.4, 0.5) is 4.39 Å². The highest BCUT2D eigenvalue weighted by Gasteiger charge is 2.57. The van der Waals surface area contributed by atoms with Gasteiger partial charge in [0.2, 0.25) is 0 Å². The summed E-state index contributed by atoms with van der Waals surface area (Å²) in [6.07, 6.45) is -4.40. The fourth-order valence-electron chi connectivity index (χ4n) is 2.76. The smallest absolute Gasteiger partial charge is 0.338 e. The highest BCUT2D eigenvalue weighted by molar-refractivity contribution is 5.90. The van der Waals surface area contributed by atoms with Crippen molar-refractivity contribution < 1.29 is 33.3 Å². The van der Waals surface area contributed by atoms with Crippen molar-refractivity contribution in [2.75, 3.05) is 6.61 Å². The number of ether oxygens (including phenoxy) is 3. The molecular formula is C20H19FO6. The maximum absolute atomic E-state index is 14.8. The molecule has 3 rings (SSSR count). The van der Waals surface area contributed by atoms with E-state index in [1.54, 1.807) is 48.5 Å². The molecule has 1 aliphatic heterocycles. The van der Waals surface area contributed by atoms with Crippen LogP contribution in [0.2, 0.25) is 0 Å². The Balaban J connectivity index is 1.69. The van der Waals surface area contributed by atoms with Gasteiger partial charge in [0.1, 0.15) is 12.7 Å². The van der Waals surface area contributed by atoms with Crippen molar-refractivity contribution in [1.82, 2.24) is 0 Å². The summed E-state index contributed by atoms with van der Waals surface area (Å²) in [6, 6.07) is 16.3. The summed E-state index contributed by atoms with van der Waals surface area (Å²) in [6.45, 7) is 0.691. The van der Waals surface area contributed by atoms with E-state index in [0.717, 1.165) is 6.92 Å². The molecule has 0 aromatic heterocycles. The Hall–Kier alpha value is -2.77. The number of carbonyl (C=O) groups excluding carboxylic acids is 2. The van der Waals surface area contributed by atoms with E-state index in [-0.39, 0.29) is 12.2 Å². The SMILES string of the molecule is C[C@@]1(F)[C@H](OC(=O)c2ccccc2)[C@@H](COC(=O)c2ccccc2)O[C@@H]1O. The molecule has 2 aromatic rings. The highest BCUT2D eigenvalue weighted by atomic mass is 19.1. The van der Waals surface area contributed by atoms with Crippen LogP contribution in [0.15, 0.2) is 60.7 Å². The average Bonchev–Trinajstić information content (AvgIpc) is 2.90. The lowest BCUT2D eigenvalue weighted by Gasteiger charge is -2.25. The van der Waals surface area contributed by atoms with Crippen LogP contribution in [0.5, 0.6) is 0 Å². The maximum Gasteiger partial charge on any atom is 0.338 e. The standard InChI is InChI=1S/C20H19FO6/c1-20(21)16(27-18(23)14-10-6-3-7-11-14)15(26-19(20)24)12-25-17(22)13-8-4-2-5-9-13/h2-11,15-16,19,24H,12H2,1H3/t15-,16-,19+,20-/m1/s1. The monoisotopic (exact) mass is 374 g/mol. The minimum absolute atomic E-state index is 0.231. The predicted octanol–water partition coefficient (Wildman–Crippen LogP) is 2.51. The van der Waals surface area contributed by atoms with Gasteiger partial charge in [-0.25, -0.2) is 14.0 Å². The zero-order chi connectivity index (χ0) is 19.4. The lowest BCUT2D eigenvalue weighted by molar-refractivity contribution is -0.144. The summed E-state index contributed by atoms with van der Waals surface area (Å²) in [5.74, 6) is -1.39. The largest absolute Gasteiger partial charge is 0.459 e. The molecule has 7 heteroatoms. The third kappa shape index (κ3) is 4.15. The molecule has 27 heavy (non-hydrogen) atoms. The van der Waals surface area contributed by atoms with Crippen molar-refractivity contribution in [3.63, 3.8) is 0 Å². The Morgan fingerprint density at radius 2 is 1.56 bits per heavy atom. The number of alkyl halides is 1. The van der Waals surface area contributed by atoms with Crippen molar-refractivity contribution in [2.45, 2.75) is 31.1 Å². The van der Waals surface area contributed by atoms with E-state index >= 15 is 0 Å². The van der Waals surface area contributed by atoms with Crippen molar-refractivity contribution in [2.24, 2.45) is 0 Å². The Labute approximate surface area is 155 Å². The normalized spacial score (nSPS) is 27.1. The molecule has 0 saturated carbocycles. The van der Waals surface area contributed by atoms with Gasteiger partial charge in [0.25, 0.3) is 0 Å². The molecule has 1 heterocycles. The summed E-state index contributed by atoms with van der Waals surface area (Å²) >= 11 is 0. The summed E-state index contributed by atoms with van der Waals surface area (Å²) < 4.78 is 30.4. The van der Waals surface area contributed by atoms with Gasteiger partial charge in [0.15, 0.2) is 18.1 Å². The second-order valence-electron chi connectivity index (χ2n) is 6.33. The van der Waals surface area contributed by atoms with Gasteiger partial charge >= 0.3 is 11.9 Å². The Morgan fingerprint density at radius 3 is 2.11 bits per heavy atom. The van der Waals surface area contributed by atoms with Crippen molar-refractivity contribution >= 4 is 11.9 Å². The van der Waals surface area contributed by atoms with E-state index in [0.29, 0.717) is 5.56 Å². The number of benzene rings is 2. The van der Waals surface area contributed by atoms with Crippen LogP contribution in [0.1, 0.15) is 27.6 Å². The van der Waals surface area contributed by atoms with Gasteiger partial charge < -0.3 is 19.3 Å². The molecule has 0 radical (unpaired) electrons. The fourth-order valence-corrected chi connectivity index (χ4v) is 2.76. The second-order valence-corrected chi connectivity index (χ2v) is 6.33. The van der Waals surface area contributed by atoms with Gasteiger partial charge in [-0.3, -0.25) is 0 Å². The van der Waals surface area contributed by atoms with E-state index in [2.05, 4.69) is 0 Å². The van der Waals surface area contributed by atoms with Gasteiger partial charge in [-0.15, -0.1) is 0 Å². The minimum Gasteiger partial charge on any atom is -0.459 e. The molecule has 4 atom stereocenters. The minimum atomic E-state index is -2.35. The van der Waals surface area contributed by atoms with Crippen LogP contribution in [-0.2, 0) is 14.2 Å². The molecule has 0 unspecified atom stereocenters. The number of hydrogen-bond acceptors (Lipinski definition) is 6. The number of aliphatic hydroxyl groups is 1. The summed E-state index contributed by atoms with van der Waals surface area (Å²) in [7, 11) is 0. The van der Waals surface area contributed by atoms with Gasteiger partial charge in [-0.2, -0.15) is 0 Å². The van der Waals surface area contributed by atoms with Crippen LogP contribution in [0, 0.1) is 0 Å². The van der Waals surface area contributed by atoms with E-state index in [1.807, 2.05) is 0 Å². The van der Waals surface area contributed by atoms with Gasteiger partial charge in [0.05, 0.1) is 11.1 Å². The van der Waals surface area contributed by atoms with Gasteiger partial charge in [0, 0.05) is 0 Å². The molecule has 1 aliphatic rings. The molecule has 2 aromatic carbocycles. The lowest BCUT2D eigenvalue weighted by Crippen LogP contribution is -2.45. The number of carbonyl (C=O) groups is 2. The fraction of sp³-hybridized carbons (Fsp3) is 0.300. The van der Waals surface area contributed by atoms with Gasteiger partial charge in [-0.05, 0) is 31.2 Å². The zero-order valence-corrected chi connectivity index (χ0v) is 14.6. The van der Waals surface area contributed by atoms with Crippen molar-refractivity contribution in [3.8, 4) is 0 Å². The number of hydrogen-bond donors (Lipinski definition) is 1. The molecule has 1 fully saturated rings. The molecular weight excluding hydrogens is 355 g/mol. The van der Waals surface area contributed by atoms with Crippen LogP contribution in [-0.4, -0.2) is 47.8 Å². The number of halogens is 1. The Bertz CT molecular complexity index is 793.